The van der Waals surface area contributed by atoms with E-state index < -0.39 is 0 Å². The van der Waals surface area contributed by atoms with Crippen molar-refractivity contribution in [2.24, 2.45) is 0 Å². The topological polar surface area (TPSA) is 73.9 Å². The van der Waals surface area contributed by atoms with Crippen LogP contribution in [0.4, 0.5) is 5.82 Å². The second-order valence-electron chi connectivity index (χ2n) is 6.24. The molecule has 8 nitrogen and oxygen atoms in total. The van der Waals surface area contributed by atoms with Crippen LogP contribution in [0.5, 0.6) is 0 Å². The molecule has 0 amide bonds. The van der Waals surface area contributed by atoms with E-state index in [-0.39, 0.29) is 6.10 Å². The molecule has 3 aromatic rings. The van der Waals surface area contributed by atoms with Crippen LogP contribution < -0.4 is 4.90 Å². The zero-order valence-electron chi connectivity index (χ0n) is 14.4. The summed E-state index contributed by atoms with van der Waals surface area (Å²) in [6.07, 6.45) is 7.35. The summed E-state index contributed by atoms with van der Waals surface area (Å²) in [4.78, 5) is 11.3. The van der Waals surface area contributed by atoms with Crippen LogP contribution in [0, 0.1) is 13.8 Å². The van der Waals surface area contributed by atoms with E-state index in [1.807, 2.05) is 41.5 Å². The van der Waals surface area contributed by atoms with Gasteiger partial charge in [0.1, 0.15) is 5.82 Å². The Morgan fingerprint density at radius 2 is 2.12 bits per heavy atom. The number of hydrogen-bond donors (Lipinski definition) is 0. The lowest BCUT2D eigenvalue weighted by Gasteiger charge is -2.33. The smallest absolute Gasteiger partial charge is 0.174 e. The number of anilines is 1. The fraction of sp³-hybridized carbons (Fsp3) is 0.412. The van der Waals surface area contributed by atoms with Gasteiger partial charge < -0.3 is 9.64 Å². The van der Waals surface area contributed by atoms with E-state index in [1.165, 1.54) is 0 Å². The number of aryl methyl sites for hydroxylation is 2. The Kier molecular flexibility index (Phi) is 4.19. The first kappa shape index (κ1) is 15.8. The molecule has 0 radical (unpaired) electrons. The van der Waals surface area contributed by atoms with Crippen LogP contribution in [0.25, 0.3) is 5.82 Å². The molecule has 0 spiro atoms. The highest BCUT2D eigenvalue weighted by Crippen LogP contribution is 2.17. The molecule has 1 aliphatic heterocycles. The lowest BCUT2D eigenvalue weighted by molar-refractivity contribution is 0.0271. The van der Waals surface area contributed by atoms with Gasteiger partial charge in [-0.25, -0.2) is 9.67 Å². The molecule has 1 aliphatic rings. The van der Waals surface area contributed by atoms with E-state index in [0.717, 1.165) is 42.7 Å². The number of hydrogen-bond acceptors (Lipinski definition) is 6. The van der Waals surface area contributed by atoms with Crippen molar-refractivity contribution in [2.45, 2.75) is 26.5 Å². The fourth-order valence-electron chi connectivity index (χ4n) is 3.12. The SMILES string of the molecule is Cc1cc(C)n(-c2cncc(N3CCOC(Cn4cccn4)C3)n2)n1. The minimum atomic E-state index is 0.0767. The van der Waals surface area contributed by atoms with E-state index in [1.54, 1.807) is 18.6 Å². The maximum absolute atomic E-state index is 5.87. The monoisotopic (exact) mass is 339 g/mol. The summed E-state index contributed by atoms with van der Waals surface area (Å²) in [5.41, 5.74) is 2.01. The standard InChI is InChI=1S/C17H21N7O/c1-13-8-14(2)24(21-13)17-10-18-9-16(20-17)22-6-7-25-15(11-22)12-23-5-3-4-19-23/h3-5,8-10,15H,6-7,11-12H2,1-2H3. The van der Waals surface area contributed by atoms with Crippen LogP contribution in [-0.4, -0.2) is 55.3 Å². The minimum Gasteiger partial charge on any atom is -0.373 e. The van der Waals surface area contributed by atoms with Crippen molar-refractivity contribution in [3.63, 3.8) is 0 Å². The minimum absolute atomic E-state index is 0.0767. The van der Waals surface area contributed by atoms with Gasteiger partial charge in [0.2, 0.25) is 0 Å². The number of morpholine rings is 1. The molecule has 0 saturated carbocycles. The predicted molar refractivity (Wildman–Crippen MR) is 92.8 cm³/mol. The highest BCUT2D eigenvalue weighted by Gasteiger charge is 2.22. The maximum Gasteiger partial charge on any atom is 0.174 e. The third-order valence-electron chi connectivity index (χ3n) is 4.25. The normalized spacial score (nSPS) is 17.8. The molecule has 3 aromatic heterocycles. The van der Waals surface area contributed by atoms with E-state index >= 15 is 0 Å². The summed E-state index contributed by atoms with van der Waals surface area (Å²) in [5, 5.41) is 8.74. The molecule has 0 N–H and O–H groups in total. The second kappa shape index (κ2) is 6.64. The third kappa shape index (κ3) is 3.39. The van der Waals surface area contributed by atoms with Crippen molar-refractivity contribution in [2.75, 3.05) is 24.6 Å². The average molecular weight is 339 g/mol. The van der Waals surface area contributed by atoms with Gasteiger partial charge in [0.05, 0.1) is 37.3 Å². The van der Waals surface area contributed by atoms with Gasteiger partial charge in [-0.3, -0.25) is 9.67 Å². The van der Waals surface area contributed by atoms with Crippen molar-refractivity contribution in [3.8, 4) is 5.82 Å². The molecule has 4 rings (SSSR count). The lowest BCUT2D eigenvalue weighted by Crippen LogP contribution is -2.44. The first-order valence-electron chi connectivity index (χ1n) is 8.39. The molecule has 1 saturated heterocycles. The van der Waals surface area contributed by atoms with Crippen molar-refractivity contribution >= 4 is 5.82 Å². The van der Waals surface area contributed by atoms with Crippen LogP contribution in [0.1, 0.15) is 11.4 Å². The molecular weight excluding hydrogens is 318 g/mol. The Bertz CT molecular complexity index is 843. The first-order chi connectivity index (χ1) is 12.2. The van der Waals surface area contributed by atoms with E-state index in [4.69, 9.17) is 9.72 Å². The highest BCUT2D eigenvalue weighted by atomic mass is 16.5. The predicted octanol–water partition coefficient (Wildman–Crippen LogP) is 1.38. The first-order valence-corrected chi connectivity index (χ1v) is 8.39. The molecule has 130 valence electrons. The summed E-state index contributed by atoms with van der Waals surface area (Å²) >= 11 is 0. The fourth-order valence-corrected chi connectivity index (χ4v) is 3.12. The summed E-state index contributed by atoms with van der Waals surface area (Å²) in [7, 11) is 0. The molecule has 8 heteroatoms. The summed E-state index contributed by atoms with van der Waals surface area (Å²) in [6.45, 7) is 6.94. The van der Waals surface area contributed by atoms with Gasteiger partial charge in [-0.15, -0.1) is 0 Å². The summed E-state index contributed by atoms with van der Waals surface area (Å²) < 4.78 is 9.59. The maximum atomic E-state index is 5.87. The van der Waals surface area contributed by atoms with Gasteiger partial charge in [0, 0.05) is 31.2 Å². The van der Waals surface area contributed by atoms with Crippen molar-refractivity contribution in [3.05, 3.63) is 48.3 Å². The number of nitrogens with zero attached hydrogens (tertiary/aromatic N) is 7. The van der Waals surface area contributed by atoms with Crippen LogP contribution >= 0.6 is 0 Å². The van der Waals surface area contributed by atoms with Crippen LogP contribution in [0.3, 0.4) is 0 Å². The Labute approximate surface area is 146 Å². The molecule has 1 fully saturated rings. The van der Waals surface area contributed by atoms with Crippen molar-refractivity contribution < 1.29 is 4.74 Å². The zero-order valence-corrected chi connectivity index (χ0v) is 14.4. The molecule has 0 aromatic carbocycles. The third-order valence-corrected chi connectivity index (χ3v) is 4.25. The molecule has 25 heavy (non-hydrogen) atoms. The Morgan fingerprint density at radius 3 is 2.88 bits per heavy atom. The molecule has 1 atom stereocenters. The van der Waals surface area contributed by atoms with E-state index in [0.29, 0.717) is 6.61 Å². The molecule has 0 bridgehead atoms. The quantitative estimate of drug-likeness (QED) is 0.715. The number of aromatic nitrogens is 6. The van der Waals surface area contributed by atoms with Gasteiger partial charge in [0.15, 0.2) is 5.82 Å². The van der Waals surface area contributed by atoms with Crippen molar-refractivity contribution in [1.82, 2.24) is 29.5 Å². The van der Waals surface area contributed by atoms with Crippen LogP contribution in [0.15, 0.2) is 36.9 Å². The molecule has 4 heterocycles. The highest BCUT2D eigenvalue weighted by molar-refractivity contribution is 5.40. The van der Waals surface area contributed by atoms with Gasteiger partial charge in [-0.2, -0.15) is 10.2 Å². The molecule has 1 unspecified atom stereocenters. The van der Waals surface area contributed by atoms with Gasteiger partial charge in [-0.05, 0) is 26.0 Å². The largest absolute Gasteiger partial charge is 0.373 e. The Balaban J connectivity index is 1.53. The van der Waals surface area contributed by atoms with Gasteiger partial charge in [-0.1, -0.05) is 0 Å². The Hall–Kier alpha value is -2.74. The second-order valence-corrected chi connectivity index (χ2v) is 6.24. The summed E-state index contributed by atoms with van der Waals surface area (Å²) in [5.74, 6) is 1.58. The van der Waals surface area contributed by atoms with Gasteiger partial charge >= 0.3 is 0 Å². The van der Waals surface area contributed by atoms with Crippen LogP contribution in [0.2, 0.25) is 0 Å². The lowest BCUT2D eigenvalue weighted by atomic mass is 10.2. The zero-order chi connectivity index (χ0) is 17.2. The average Bonchev–Trinajstić information content (AvgIpc) is 3.24. The van der Waals surface area contributed by atoms with Crippen LogP contribution in [-0.2, 0) is 11.3 Å². The molecule has 0 aliphatic carbocycles. The van der Waals surface area contributed by atoms with Crippen molar-refractivity contribution in [1.29, 1.82) is 0 Å². The Morgan fingerprint density at radius 1 is 1.24 bits per heavy atom. The number of rotatable bonds is 4. The van der Waals surface area contributed by atoms with E-state index in [2.05, 4.69) is 20.1 Å². The number of ether oxygens (including phenoxy) is 1. The summed E-state index contributed by atoms with van der Waals surface area (Å²) in [6, 6.07) is 3.95. The molecular formula is C17H21N7O. The van der Waals surface area contributed by atoms with Gasteiger partial charge in [0.25, 0.3) is 0 Å². The van der Waals surface area contributed by atoms with E-state index in [9.17, 15) is 0 Å².